The fraction of sp³-hybridized carbons (Fsp3) is 0.0500. The lowest BCUT2D eigenvalue weighted by Gasteiger charge is -2.07. The number of benzene rings is 2. The number of nitrogens with zero attached hydrogens (tertiary/aromatic N) is 2. The lowest BCUT2D eigenvalue weighted by molar-refractivity contribution is -0.123. The maximum atomic E-state index is 11.8. The molecule has 0 spiro atoms. The number of aromatic nitrogens is 1. The molecule has 0 saturated carbocycles. The van der Waals surface area contributed by atoms with Gasteiger partial charge in [-0.3, -0.25) is 4.79 Å². The topological polar surface area (TPSA) is 92.9 Å². The Morgan fingerprint density at radius 1 is 1.11 bits per heavy atom. The van der Waals surface area contributed by atoms with Crippen molar-refractivity contribution in [1.82, 2.24) is 9.99 Å². The molecule has 0 aliphatic carbocycles. The van der Waals surface area contributed by atoms with Crippen LogP contribution in [0.4, 0.5) is 0 Å². The monoisotopic (exact) mass is 397 g/mol. The van der Waals surface area contributed by atoms with Crippen molar-refractivity contribution in [2.24, 2.45) is 5.10 Å². The van der Waals surface area contributed by atoms with Crippen molar-refractivity contribution in [2.45, 2.75) is 0 Å². The molecule has 0 saturated heterocycles. The fourth-order valence-electron chi connectivity index (χ4n) is 2.38. The number of carbonyl (C=O) groups is 2. The van der Waals surface area contributed by atoms with E-state index in [0.717, 1.165) is 5.69 Å². The van der Waals surface area contributed by atoms with E-state index in [1.807, 2.05) is 22.9 Å². The van der Waals surface area contributed by atoms with Crippen molar-refractivity contribution < 1.29 is 19.4 Å². The molecule has 2 aromatic carbocycles. The lowest BCUT2D eigenvalue weighted by atomic mass is 10.2. The summed E-state index contributed by atoms with van der Waals surface area (Å²) in [5.41, 5.74) is 4.08. The normalized spacial score (nSPS) is 10.8. The van der Waals surface area contributed by atoms with Gasteiger partial charge in [-0.05, 0) is 60.7 Å². The van der Waals surface area contributed by atoms with Gasteiger partial charge in [-0.1, -0.05) is 11.6 Å². The maximum absolute atomic E-state index is 11.8. The number of nitrogens with one attached hydrogen (secondary N) is 1. The molecule has 0 aliphatic heterocycles. The highest BCUT2D eigenvalue weighted by Gasteiger charge is 2.05. The average Bonchev–Trinajstić information content (AvgIpc) is 3.16. The summed E-state index contributed by atoms with van der Waals surface area (Å²) >= 11 is 5.79. The molecule has 1 aromatic heterocycles. The Hall–Kier alpha value is -3.58. The number of ether oxygens (including phenoxy) is 1. The Balaban J connectivity index is 1.57. The highest BCUT2D eigenvalue weighted by molar-refractivity contribution is 6.30. The largest absolute Gasteiger partial charge is 0.484 e. The van der Waals surface area contributed by atoms with Crippen LogP contribution in [-0.4, -0.2) is 34.4 Å². The van der Waals surface area contributed by atoms with Gasteiger partial charge < -0.3 is 14.4 Å². The predicted octanol–water partition coefficient (Wildman–Crippen LogP) is 3.36. The number of carboxylic acid groups (broad SMARTS) is 1. The van der Waals surface area contributed by atoms with Gasteiger partial charge in [0, 0.05) is 16.9 Å². The standard InChI is InChI=1S/C20H16ClN3O4/c21-15-5-9-18(10-6-15)28-13-19(25)23-22-12-17-2-1-11-24(17)16-7-3-14(4-8-16)20(26)27/h1-12H,13H2,(H,23,25)(H,26,27). The zero-order valence-corrected chi connectivity index (χ0v) is 15.3. The molecule has 0 atom stereocenters. The molecular weight excluding hydrogens is 382 g/mol. The molecule has 0 radical (unpaired) electrons. The third kappa shape index (κ3) is 4.99. The van der Waals surface area contributed by atoms with E-state index >= 15 is 0 Å². The second-order valence-corrected chi connectivity index (χ2v) is 6.13. The molecule has 0 fully saturated rings. The number of carbonyl (C=O) groups excluding carboxylic acids is 1. The highest BCUT2D eigenvalue weighted by Crippen LogP contribution is 2.15. The number of carboxylic acids is 1. The first-order valence-electron chi connectivity index (χ1n) is 8.24. The molecule has 7 nitrogen and oxygen atoms in total. The predicted molar refractivity (Wildman–Crippen MR) is 105 cm³/mol. The van der Waals surface area contributed by atoms with E-state index < -0.39 is 11.9 Å². The quantitative estimate of drug-likeness (QED) is 0.472. The minimum absolute atomic E-state index is 0.184. The Morgan fingerprint density at radius 2 is 1.82 bits per heavy atom. The van der Waals surface area contributed by atoms with Crippen LogP contribution in [0.1, 0.15) is 16.1 Å². The molecule has 3 rings (SSSR count). The fourth-order valence-corrected chi connectivity index (χ4v) is 2.51. The molecule has 0 bridgehead atoms. The number of rotatable bonds is 7. The van der Waals surface area contributed by atoms with Gasteiger partial charge in [-0.15, -0.1) is 0 Å². The molecule has 1 amide bonds. The van der Waals surface area contributed by atoms with E-state index in [0.29, 0.717) is 16.5 Å². The number of aromatic carboxylic acids is 1. The first-order chi connectivity index (χ1) is 13.5. The van der Waals surface area contributed by atoms with Gasteiger partial charge in [0.2, 0.25) is 0 Å². The van der Waals surface area contributed by atoms with Gasteiger partial charge in [-0.2, -0.15) is 5.10 Å². The number of halogens is 1. The highest BCUT2D eigenvalue weighted by atomic mass is 35.5. The Bertz CT molecular complexity index is 995. The van der Waals surface area contributed by atoms with Gasteiger partial charge in [0.15, 0.2) is 6.61 Å². The van der Waals surface area contributed by atoms with Gasteiger partial charge in [0.1, 0.15) is 5.75 Å². The Labute approximate surface area is 165 Å². The minimum atomic E-state index is -0.982. The van der Waals surface area contributed by atoms with Crippen LogP contribution in [-0.2, 0) is 4.79 Å². The minimum Gasteiger partial charge on any atom is -0.484 e. The number of hydrazone groups is 1. The first kappa shape index (κ1) is 19.2. The van der Waals surface area contributed by atoms with E-state index in [1.54, 1.807) is 36.4 Å². The maximum Gasteiger partial charge on any atom is 0.335 e. The number of hydrogen-bond donors (Lipinski definition) is 2. The van der Waals surface area contributed by atoms with E-state index in [-0.39, 0.29) is 12.2 Å². The summed E-state index contributed by atoms with van der Waals surface area (Å²) in [5, 5.41) is 13.5. The second kappa shape index (κ2) is 8.88. The zero-order valence-electron chi connectivity index (χ0n) is 14.6. The van der Waals surface area contributed by atoms with Crippen LogP contribution in [0.2, 0.25) is 5.02 Å². The van der Waals surface area contributed by atoms with Crippen molar-refractivity contribution in [3.8, 4) is 11.4 Å². The lowest BCUT2D eigenvalue weighted by Crippen LogP contribution is -2.24. The summed E-state index contributed by atoms with van der Waals surface area (Å²) in [5.74, 6) is -0.860. The summed E-state index contributed by atoms with van der Waals surface area (Å²) in [4.78, 5) is 22.8. The molecule has 8 heteroatoms. The molecule has 3 aromatic rings. The van der Waals surface area contributed by atoms with Gasteiger partial charge in [0.05, 0.1) is 17.5 Å². The SMILES string of the molecule is O=C(COc1ccc(Cl)cc1)NN=Cc1cccn1-c1ccc(C(=O)O)cc1. The molecule has 2 N–H and O–H groups in total. The molecule has 1 heterocycles. The summed E-state index contributed by atoms with van der Waals surface area (Å²) in [7, 11) is 0. The van der Waals surface area contributed by atoms with Crippen LogP contribution in [0, 0.1) is 0 Å². The van der Waals surface area contributed by atoms with Crippen LogP contribution in [0.15, 0.2) is 72.0 Å². The van der Waals surface area contributed by atoms with Crippen LogP contribution >= 0.6 is 11.6 Å². The van der Waals surface area contributed by atoms with Crippen LogP contribution in [0.3, 0.4) is 0 Å². The third-order valence-electron chi connectivity index (χ3n) is 3.74. The van der Waals surface area contributed by atoms with Gasteiger partial charge in [-0.25, -0.2) is 10.2 Å². The number of amides is 1. The third-order valence-corrected chi connectivity index (χ3v) is 3.99. The average molecular weight is 398 g/mol. The molecular formula is C20H16ClN3O4. The van der Waals surface area contributed by atoms with Crippen molar-refractivity contribution in [1.29, 1.82) is 0 Å². The Kier molecular flexibility index (Phi) is 6.08. The van der Waals surface area contributed by atoms with Crippen molar-refractivity contribution >= 4 is 29.7 Å². The second-order valence-electron chi connectivity index (χ2n) is 5.69. The molecule has 142 valence electrons. The summed E-state index contributed by atoms with van der Waals surface area (Å²) in [6.45, 7) is -0.184. The van der Waals surface area contributed by atoms with Crippen LogP contribution in [0.25, 0.3) is 5.69 Å². The van der Waals surface area contributed by atoms with Crippen molar-refractivity contribution in [3.05, 3.63) is 83.1 Å². The molecule has 0 aliphatic rings. The Morgan fingerprint density at radius 3 is 2.50 bits per heavy atom. The van der Waals surface area contributed by atoms with E-state index in [9.17, 15) is 9.59 Å². The van der Waals surface area contributed by atoms with E-state index in [2.05, 4.69) is 10.5 Å². The van der Waals surface area contributed by atoms with Crippen molar-refractivity contribution in [3.63, 3.8) is 0 Å². The van der Waals surface area contributed by atoms with E-state index in [4.69, 9.17) is 21.4 Å². The van der Waals surface area contributed by atoms with Crippen molar-refractivity contribution in [2.75, 3.05) is 6.61 Å². The molecule has 0 unspecified atom stereocenters. The summed E-state index contributed by atoms with van der Waals surface area (Å²) in [6, 6.07) is 16.7. The molecule has 28 heavy (non-hydrogen) atoms. The first-order valence-corrected chi connectivity index (χ1v) is 8.62. The van der Waals surface area contributed by atoms with Crippen LogP contribution < -0.4 is 10.2 Å². The zero-order chi connectivity index (χ0) is 19.9. The van der Waals surface area contributed by atoms with Crippen LogP contribution in [0.5, 0.6) is 5.75 Å². The smallest absolute Gasteiger partial charge is 0.335 e. The summed E-state index contributed by atoms with van der Waals surface area (Å²) < 4.78 is 7.15. The summed E-state index contributed by atoms with van der Waals surface area (Å²) in [6.07, 6.45) is 3.30. The van der Waals surface area contributed by atoms with E-state index in [1.165, 1.54) is 18.3 Å². The van der Waals surface area contributed by atoms with Gasteiger partial charge >= 0.3 is 5.97 Å². The number of hydrogen-bond acceptors (Lipinski definition) is 4. The van der Waals surface area contributed by atoms with Gasteiger partial charge in [0.25, 0.3) is 5.91 Å².